The van der Waals surface area contributed by atoms with Gasteiger partial charge in [-0.15, -0.1) is 17.5 Å². The predicted octanol–water partition coefficient (Wildman–Crippen LogP) is 1.43. The number of aryl methyl sites for hydroxylation is 1. The van der Waals surface area contributed by atoms with Gasteiger partial charge in [0.25, 0.3) is 5.91 Å². The molecule has 27 heavy (non-hydrogen) atoms. The summed E-state index contributed by atoms with van der Waals surface area (Å²) in [6.07, 6.45) is 1.04. The highest BCUT2D eigenvalue weighted by atomic mass is 35.5. The van der Waals surface area contributed by atoms with E-state index in [1.807, 2.05) is 36.1 Å². The molecule has 0 radical (unpaired) electrons. The Kier molecular flexibility index (Phi) is 6.14. The van der Waals surface area contributed by atoms with E-state index in [4.69, 9.17) is 0 Å². The van der Waals surface area contributed by atoms with Gasteiger partial charge in [-0.1, -0.05) is 22.9 Å². The molecular formula is C19H27ClN6O. The van der Waals surface area contributed by atoms with Gasteiger partial charge >= 0.3 is 0 Å². The Morgan fingerprint density at radius 2 is 1.81 bits per heavy atom. The van der Waals surface area contributed by atoms with Crippen molar-refractivity contribution in [2.75, 3.05) is 39.3 Å². The van der Waals surface area contributed by atoms with E-state index in [1.54, 1.807) is 4.68 Å². The van der Waals surface area contributed by atoms with Crippen molar-refractivity contribution in [2.24, 2.45) is 0 Å². The Bertz CT molecular complexity index is 784. The molecule has 4 rings (SSSR count). The van der Waals surface area contributed by atoms with Crippen molar-refractivity contribution in [1.29, 1.82) is 0 Å². The van der Waals surface area contributed by atoms with E-state index in [0.29, 0.717) is 11.7 Å². The lowest BCUT2D eigenvalue weighted by Gasteiger charge is -2.32. The molecule has 2 fully saturated rings. The third-order valence-corrected chi connectivity index (χ3v) is 5.49. The first kappa shape index (κ1) is 19.8. The van der Waals surface area contributed by atoms with Crippen LogP contribution in [0.3, 0.4) is 0 Å². The van der Waals surface area contributed by atoms with Crippen LogP contribution in [0.2, 0.25) is 0 Å². The summed E-state index contributed by atoms with van der Waals surface area (Å²) in [5.41, 5.74) is 3.38. The van der Waals surface area contributed by atoms with Crippen LogP contribution in [0.1, 0.15) is 28.2 Å². The second kappa shape index (κ2) is 8.37. The maximum atomic E-state index is 13.0. The number of likely N-dealkylation sites (tertiary alicyclic amines) is 1. The van der Waals surface area contributed by atoms with Crippen molar-refractivity contribution >= 4 is 18.3 Å². The van der Waals surface area contributed by atoms with E-state index < -0.39 is 0 Å². The summed E-state index contributed by atoms with van der Waals surface area (Å²) < 4.78 is 1.75. The van der Waals surface area contributed by atoms with Gasteiger partial charge in [0.05, 0.1) is 11.4 Å². The van der Waals surface area contributed by atoms with E-state index in [9.17, 15) is 4.79 Å². The van der Waals surface area contributed by atoms with Crippen molar-refractivity contribution in [2.45, 2.75) is 26.3 Å². The summed E-state index contributed by atoms with van der Waals surface area (Å²) in [4.78, 5) is 17.4. The minimum atomic E-state index is -0.00139. The van der Waals surface area contributed by atoms with Gasteiger partial charge in [-0.2, -0.15) is 0 Å². The molecule has 2 aliphatic heterocycles. The Morgan fingerprint density at radius 3 is 2.52 bits per heavy atom. The maximum Gasteiger partial charge on any atom is 0.276 e. The molecule has 1 aromatic carbocycles. The molecule has 1 N–H and O–H groups in total. The monoisotopic (exact) mass is 390 g/mol. The fourth-order valence-corrected chi connectivity index (χ4v) is 3.88. The second-order valence-corrected chi connectivity index (χ2v) is 7.25. The number of hydrogen-bond acceptors (Lipinski definition) is 5. The highest BCUT2D eigenvalue weighted by Gasteiger charge is 2.33. The first-order valence-electron chi connectivity index (χ1n) is 9.37. The zero-order valence-electron chi connectivity index (χ0n) is 15.9. The molecule has 0 saturated carbocycles. The topological polar surface area (TPSA) is 66.3 Å². The summed E-state index contributed by atoms with van der Waals surface area (Å²) >= 11 is 0. The third-order valence-electron chi connectivity index (χ3n) is 5.49. The van der Waals surface area contributed by atoms with Gasteiger partial charge in [0, 0.05) is 45.3 Å². The van der Waals surface area contributed by atoms with Crippen LogP contribution in [0, 0.1) is 13.8 Å². The molecule has 1 unspecified atom stereocenters. The SMILES string of the molecule is Cc1ccc(-n2nnc(C(=O)N3CCC(N4CCNCC4)C3)c2C)cc1.Cl. The molecule has 1 atom stereocenters. The molecule has 2 aliphatic rings. The summed E-state index contributed by atoms with van der Waals surface area (Å²) in [6.45, 7) is 9.75. The Morgan fingerprint density at radius 1 is 1.11 bits per heavy atom. The lowest BCUT2D eigenvalue weighted by Crippen LogP contribution is -2.49. The van der Waals surface area contributed by atoms with Gasteiger partial charge in [-0.25, -0.2) is 4.68 Å². The summed E-state index contributed by atoms with van der Waals surface area (Å²) in [5, 5.41) is 11.8. The Hall–Kier alpha value is -1.96. The molecule has 8 heteroatoms. The molecule has 3 heterocycles. The molecule has 0 bridgehead atoms. The van der Waals surface area contributed by atoms with E-state index in [2.05, 4.69) is 27.5 Å². The first-order chi connectivity index (χ1) is 12.6. The van der Waals surface area contributed by atoms with Gasteiger partial charge in [0.15, 0.2) is 5.69 Å². The van der Waals surface area contributed by atoms with Crippen LogP contribution in [0.5, 0.6) is 0 Å². The lowest BCUT2D eigenvalue weighted by molar-refractivity contribution is 0.0767. The number of carbonyl (C=O) groups excluding carboxylic acids is 1. The number of piperazine rings is 1. The average molecular weight is 391 g/mol. The van der Waals surface area contributed by atoms with Crippen LogP contribution in [-0.2, 0) is 0 Å². The molecular weight excluding hydrogens is 364 g/mol. The highest BCUT2D eigenvalue weighted by Crippen LogP contribution is 2.20. The zero-order chi connectivity index (χ0) is 18.1. The molecule has 0 aliphatic carbocycles. The van der Waals surface area contributed by atoms with Gasteiger partial charge in [0.1, 0.15) is 0 Å². The standard InChI is InChI=1S/C19H26N6O.ClH/c1-14-3-5-16(6-4-14)25-15(2)18(21-22-25)19(26)24-10-7-17(13-24)23-11-8-20-9-12-23;/h3-6,17,20H,7-13H2,1-2H3;1H. The number of rotatable bonds is 3. The molecule has 1 aromatic heterocycles. The fourth-order valence-electron chi connectivity index (χ4n) is 3.88. The number of hydrogen-bond donors (Lipinski definition) is 1. The number of nitrogens with one attached hydrogen (secondary N) is 1. The van der Waals surface area contributed by atoms with E-state index in [0.717, 1.165) is 57.1 Å². The van der Waals surface area contributed by atoms with Crippen LogP contribution >= 0.6 is 12.4 Å². The summed E-state index contributed by atoms with van der Waals surface area (Å²) in [6, 6.07) is 8.55. The molecule has 1 amide bonds. The Balaban J connectivity index is 0.00000210. The van der Waals surface area contributed by atoms with Crippen molar-refractivity contribution in [3.8, 4) is 5.69 Å². The summed E-state index contributed by atoms with van der Waals surface area (Å²) in [5.74, 6) is -0.00139. The molecule has 0 spiro atoms. The number of nitrogens with zero attached hydrogens (tertiary/aromatic N) is 5. The fraction of sp³-hybridized carbons (Fsp3) is 0.526. The number of benzene rings is 1. The third kappa shape index (κ3) is 4.00. The van der Waals surface area contributed by atoms with Crippen molar-refractivity contribution < 1.29 is 4.79 Å². The van der Waals surface area contributed by atoms with Crippen LogP contribution in [0.25, 0.3) is 5.69 Å². The minimum Gasteiger partial charge on any atom is -0.336 e. The van der Waals surface area contributed by atoms with E-state index in [1.165, 1.54) is 5.56 Å². The normalized spacial score (nSPS) is 20.5. The van der Waals surface area contributed by atoms with Crippen molar-refractivity contribution in [3.05, 3.63) is 41.2 Å². The number of amides is 1. The van der Waals surface area contributed by atoms with Crippen molar-refractivity contribution in [3.63, 3.8) is 0 Å². The van der Waals surface area contributed by atoms with E-state index in [-0.39, 0.29) is 18.3 Å². The first-order valence-corrected chi connectivity index (χ1v) is 9.37. The predicted molar refractivity (Wildman–Crippen MR) is 107 cm³/mol. The van der Waals surface area contributed by atoms with Crippen LogP contribution in [0.4, 0.5) is 0 Å². The zero-order valence-corrected chi connectivity index (χ0v) is 16.7. The van der Waals surface area contributed by atoms with Gasteiger partial charge < -0.3 is 10.2 Å². The van der Waals surface area contributed by atoms with Crippen LogP contribution in [0.15, 0.2) is 24.3 Å². The molecule has 2 saturated heterocycles. The van der Waals surface area contributed by atoms with Gasteiger partial charge in [0.2, 0.25) is 0 Å². The number of halogens is 1. The largest absolute Gasteiger partial charge is 0.336 e. The maximum absolute atomic E-state index is 13.0. The minimum absolute atomic E-state index is 0. The highest BCUT2D eigenvalue weighted by molar-refractivity contribution is 5.93. The van der Waals surface area contributed by atoms with Crippen LogP contribution < -0.4 is 5.32 Å². The van der Waals surface area contributed by atoms with Crippen LogP contribution in [-0.4, -0.2) is 76.0 Å². The smallest absolute Gasteiger partial charge is 0.276 e. The number of carbonyl (C=O) groups is 1. The van der Waals surface area contributed by atoms with Gasteiger partial charge in [-0.3, -0.25) is 9.69 Å². The van der Waals surface area contributed by atoms with Gasteiger partial charge in [-0.05, 0) is 32.4 Å². The molecule has 7 nitrogen and oxygen atoms in total. The lowest BCUT2D eigenvalue weighted by atomic mass is 10.2. The molecule has 146 valence electrons. The second-order valence-electron chi connectivity index (χ2n) is 7.25. The molecule has 2 aromatic rings. The number of aromatic nitrogens is 3. The quantitative estimate of drug-likeness (QED) is 0.858. The average Bonchev–Trinajstić information content (AvgIpc) is 3.30. The Labute approximate surface area is 166 Å². The summed E-state index contributed by atoms with van der Waals surface area (Å²) in [7, 11) is 0. The van der Waals surface area contributed by atoms with Crippen molar-refractivity contribution in [1.82, 2.24) is 30.1 Å². The van der Waals surface area contributed by atoms with E-state index >= 15 is 0 Å².